The number of rotatable bonds is 19. The molecule has 0 spiro atoms. The molecule has 0 aromatic rings. The van der Waals surface area contributed by atoms with Crippen LogP contribution in [0.3, 0.4) is 0 Å². The van der Waals surface area contributed by atoms with E-state index >= 15 is 0 Å². The van der Waals surface area contributed by atoms with Crippen molar-refractivity contribution in [1.29, 1.82) is 0 Å². The minimum absolute atomic E-state index is 0.200. The molecule has 2 unspecified atom stereocenters. The Balaban J connectivity index is 3.29. The zero-order valence-electron chi connectivity index (χ0n) is 16.8. The summed E-state index contributed by atoms with van der Waals surface area (Å²) >= 11 is 0. The molecular formula is C20H42NO4P. The van der Waals surface area contributed by atoms with Crippen LogP contribution in [0.4, 0.5) is 0 Å². The Morgan fingerprint density at radius 3 is 1.85 bits per heavy atom. The average molecular weight is 392 g/mol. The molecule has 0 aromatic heterocycles. The van der Waals surface area contributed by atoms with Gasteiger partial charge in [0, 0.05) is 6.54 Å². The first-order chi connectivity index (χ1) is 12.5. The van der Waals surface area contributed by atoms with Gasteiger partial charge in [-0.15, -0.1) is 0 Å². The van der Waals surface area contributed by atoms with Gasteiger partial charge in [-0.3, -0.25) is 4.57 Å². The Bertz CT molecular complexity index is 377. The van der Waals surface area contributed by atoms with Crippen molar-refractivity contribution in [3.8, 4) is 0 Å². The van der Waals surface area contributed by atoms with Gasteiger partial charge in [0.05, 0.1) is 6.61 Å². The lowest BCUT2D eigenvalue weighted by Gasteiger charge is -2.16. The Morgan fingerprint density at radius 1 is 0.885 bits per heavy atom. The molecule has 0 fully saturated rings. The molecule has 0 rings (SSSR count). The van der Waals surface area contributed by atoms with Gasteiger partial charge in [0.25, 0.3) is 0 Å². The predicted molar refractivity (Wildman–Crippen MR) is 110 cm³/mol. The summed E-state index contributed by atoms with van der Waals surface area (Å²) in [5.74, 6) is -1.48. The van der Waals surface area contributed by atoms with Crippen molar-refractivity contribution in [2.24, 2.45) is 5.73 Å². The van der Waals surface area contributed by atoms with Crippen molar-refractivity contribution in [3.63, 3.8) is 0 Å². The fraction of sp³-hybridized carbons (Fsp3) is 0.900. The van der Waals surface area contributed by atoms with Gasteiger partial charge in [0.15, 0.2) is 5.85 Å². The topological polar surface area (TPSA) is 92.8 Å². The number of allylic oxidation sites excluding steroid dienone is 2. The number of unbranched alkanes of at least 4 members (excludes halogenated alkanes) is 12. The van der Waals surface area contributed by atoms with E-state index in [9.17, 15) is 14.6 Å². The maximum Gasteiger partial charge on any atom is 0.357 e. The van der Waals surface area contributed by atoms with Crippen LogP contribution in [0.25, 0.3) is 0 Å². The Kier molecular flexibility index (Phi) is 18.1. The Labute approximate surface area is 160 Å². The van der Waals surface area contributed by atoms with Crippen LogP contribution in [0.1, 0.15) is 96.8 Å². The van der Waals surface area contributed by atoms with E-state index in [1.807, 2.05) is 0 Å². The summed E-state index contributed by atoms with van der Waals surface area (Å²) in [6.07, 6.45) is 21.7. The third kappa shape index (κ3) is 16.0. The zero-order chi connectivity index (χ0) is 19.5. The quantitative estimate of drug-likeness (QED) is 0.153. The van der Waals surface area contributed by atoms with E-state index in [4.69, 9.17) is 10.3 Å². The lowest BCUT2D eigenvalue weighted by atomic mass is 10.1. The molecule has 4 N–H and O–H groups in total. The van der Waals surface area contributed by atoms with Crippen molar-refractivity contribution in [2.45, 2.75) is 103 Å². The summed E-state index contributed by atoms with van der Waals surface area (Å²) < 4.78 is 16.4. The van der Waals surface area contributed by atoms with Gasteiger partial charge in [-0.1, -0.05) is 76.9 Å². The van der Waals surface area contributed by atoms with E-state index in [-0.39, 0.29) is 13.2 Å². The first-order valence-electron chi connectivity index (χ1n) is 10.5. The van der Waals surface area contributed by atoms with E-state index in [1.165, 1.54) is 70.6 Å². The van der Waals surface area contributed by atoms with Crippen molar-refractivity contribution in [3.05, 3.63) is 12.2 Å². The molecule has 0 bridgehead atoms. The zero-order valence-corrected chi connectivity index (χ0v) is 17.7. The van der Waals surface area contributed by atoms with Crippen LogP contribution < -0.4 is 5.73 Å². The summed E-state index contributed by atoms with van der Waals surface area (Å²) in [7, 11) is -3.95. The standard InChI is InChI=1S/C20H42NO4P/c1-2-3-4-5-6-7-8-9-10-11-12-13-14-15-16-17-18-25-26(23,24)20(22)19-21/h9-10,20,22H,2-8,11-19,21H2,1H3,(H,23,24). The van der Waals surface area contributed by atoms with Gasteiger partial charge >= 0.3 is 7.60 Å². The van der Waals surface area contributed by atoms with E-state index < -0.39 is 13.4 Å². The second-order valence-electron chi connectivity index (χ2n) is 7.05. The molecule has 2 atom stereocenters. The van der Waals surface area contributed by atoms with Crippen LogP contribution in [-0.4, -0.2) is 29.0 Å². The van der Waals surface area contributed by atoms with Crippen LogP contribution in [0, 0.1) is 0 Å². The van der Waals surface area contributed by atoms with Crippen molar-refractivity contribution >= 4 is 7.60 Å². The van der Waals surface area contributed by atoms with Gasteiger partial charge in [0.1, 0.15) is 0 Å². The van der Waals surface area contributed by atoms with Gasteiger partial charge in [0.2, 0.25) is 0 Å². The third-order valence-corrected chi connectivity index (χ3v) is 6.04. The Morgan fingerprint density at radius 2 is 1.35 bits per heavy atom. The first-order valence-corrected chi connectivity index (χ1v) is 12.2. The fourth-order valence-electron chi connectivity index (χ4n) is 2.76. The molecule has 6 heteroatoms. The number of hydrogen-bond acceptors (Lipinski definition) is 4. The molecule has 0 aliphatic heterocycles. The summed E-state index contributed by atoms with van der Waals surface area (Å²) in [4.78, 5) is 9.41. The summed E-state index contributed by atoms with van der Waals surface area (Å²) in [5, 5.41) is 9.25. The van der Waals surface area contributed by atoms with Crippen molar-refractivity contribution in [2.75, 3.05) is 13.2 Å². The summed E-state index contributed by atoms with van der Waals surface area (Å²) in [6, 6.07) is 0. The molecule has 26 heavy (non-hydrogen) atoms. The minimum Gasteiger partial charge on any atom is -0.379 e. The SMILES string of the molecule is CCCCCCCCC=CCCCCCCCCOP(=O)(O)C(O)CN. The van der Waals surface area contributed by atoms with Gasteiger partial charge < -0.3 is 20.3 Å². The second-order valence-corrected chi connectivity index (χ2v) is 9.03. The second kappa shape index (κ2) is 18.2. The molecule has 0 aromatic carbocycles. The summed E-state index contributed by atoms with van der Waals surface area (Å²) in [5.41, 5.74) is 5.16. The van der Waals surface area contributed by atoms with E-state index in [1.54, 1.807) is 0 Å². The number of aliphatic hydroxyl groups excluding tert-OH is 1. The normalized spacial score (nSPS) is 15.4. The largest absolute Gasteiger partial charge is 0.379 e. The molecule has 156 valence electrons. The van der Waals surface area contributed by atoms with Gasteiger partial charge in [-0.05, 0) is 32.1 Å². The highest BCUT2D eigenvalue weighted by molar-refractivity contribution is 7.53. The summed E-state index contributed by atoms with van der Waals surface area (Å²) in [6.45, 7) is 2.19. The molecule has 5 nitrogen and oxygen atoms in total. The van der Waals surface area contributed by atoms with Crippen LogP contribution in [0.5, 0.6) is 0 Å². The fourth-order valence-corrected chi connectivity index (χ4v) is 3.59. The molecule has 0 saturated carbocycles. The third-order valence-electron chi connectivity index (χ3n) is 4.52. The lowest BCUT2D eigenvalue weighted by molar-refractivity contribution is 0.173. The smallest absolute Gasteiger partial charge is 0.357 e. The molecule has 0 heterocycles. The first kappa shape index (κ1) is 25.8. The number of nitrogens with two attached hydrogens (primary N) is 1. The average Bonchev–Trinajstić information content (AvgIpc) is 2.63. The number of hydrogen-bond donors (Lipinski definition) is 3. The highest BCUT2D eigenvalue weighted by Gasteiger charge is 2.28. The van der Waals surface area contributed by atoms with E-state index in [2.05, 4.69) is 19.1 Å². The van der Waals surface area contributed by atoms with Gasteiger partial charge in [-0.2, -0.15) is 0 Å². The molecule has 0 radical (unpaired) electrons. The molecule has 0 saturated heterocycles. The highest BCUT2D eigenvalue weighted by Crippen LogP contribution is 2.45. The maximum absolute atomic E-state index is 11.5. The van der Waals surface area contributed by atoms with Gasteiger partial charge in [-0.25, -0.2) is 0 Å². The maximum atomic E-state index is 11.5. The molecule has 0 aliphatic rings. The predicted octanol–water partition coefficient (Wildman–Crippen LogP) is 5.50. The molecule has 0 amide bonds. The van der Waals surface area contributed by atoms with Crippen LogP contribution in [-0.2, 0) is 9.09 Å². The van der Waals surface area contributed by atoms with Crippen LogP contribution in [0.15, 0.2) is 12.2 Å². The monoisotopic (exact) mass is 391 g/mol. The van der Waals surface area contributed by atoms with Crippen molar-refractivity contribution in [1.82, 2.24) is 0 Å². The van der Waals surface area contributed by atoms with E-state index in [0.29, 0.717) is 0 Å². The van der Waals surface area contributed by atoms with Crippen molar-refractivity contribution < 1.29 is 19.1 Å². The molecule has 0 aliphatic carbocycles. The van der Waals surface area contributed by atoms with Crippen LogP contribution >= 0.6 is 7.60 Å². The Hall–Kier alpha value is -0.190. The molecular weight excluding hydrogens is 349 g/mol. The number of aliphatic hydroxyl groups is 1. The van der Waals surface area contributed by atoms with Crippen LogP contribution in [0.2, 0.25) is 0 Å². The lowest BCUT2D eigenvalue weighted by Crippen LogP contribution is -2.21. The highest BCUT2D eigenvalue weighted by atomic mass is 31.2. The minimum atomic E-state index is -3.95. The van der Waals surface area contributed by atoms with E-state index in [0.717, 1.165) is 19.3 Å².